The highest BCUT2D eigenvalue weighted by atomic mass is 35.5. The molecule has 2 aromatic carbocycles. The van der Waals surface area contributed by atoms with Gasteiger partial charge in [0, 0.05) is 16.8 Å². The summed E-state index contributed by atoms with van der Waals surface area (Å²) in [6.07, 6.45) is -4.09. The van der Waals surface area contributed by atoms with Crippen molar-refractivity contribution >= 4 is 21.4 Å². The number of sulfone groups is 1. The molecule has 10 heteroatoms. The Morgan fingerprint density at radius 3 is 2.15 bits per heavy atom. The molecule has 0 N–H and O–H groups in total. The summed E-state index contributed by atoms with van der Waals surface area (Å²) < 4.78 is 81.8. The van der Waals surface area contributed by atoms with Gasteiger partial charge in [-0.15, -0.1) is 0 Å². The summed E-state index contributed by atoms with van der Waals surface area (Å²) in [7, 11) is -3.88. The average Bonchev–Trinajstić information content (AvgIpc) is 2.99. The number of hydrogen-bond acceptors (Lipinski definition) is 4. The molecule has 3 aromatic rings. The average molecular weight is 420 g/mol. The molecule has 142 valence electrons. The van der Waals surface area contributed by atoms with E-state index in [0.29, 0.717) is 11.1 Å². The van der Waals surface area contributed by atoms with E-state index in [4.69, 9.17) is 11.6 Å². The predicted octanol–water partition coefficient (Wildman–Crippen LogP) is 5.22. The minimum absolute atomic E-state index is 0.175. The van der Waals surface area contributed by atoms with Crippen molar-refractivity contribution in [3.63, 3.8) is 0 Å². The van der Waals surface area contributed by atoms with Crippen LogP contribution in [0.2, 0.25) is 5.02 Å². The molecule has 0 aliphatic rings. The summed E-state index contributed by atoms with van der Waals surface area (Å²) in [5, 5.41) is 3.85. The number of hydrogen-bond donors (Lipinski definition) is 0. The van der Waals surface area contributed by atoms with Gasteiger partial charge in [-0.1, -0.05) is 35.0 Å². The van der Waals surface area contributed by atoms with Crippen molar-refractivity contribution in [2.75, 3.05) is 6.26 Å². The molecule has 0 fully saturated rings. The van der Waals surface area contributed by atoms with E-state index in [1.807, 2.05) is 0 Å². The first-order chi connectivity index (χ1) is 12.5. The van der Waals surface area contributed by atoms with Crippen LogP contribution in [0.5, 0.6) is 0 Å². The van der Waals surface area contributed by atoms with Gasteiger partial charge in [-0.2, -0.15) is 13.2 Å². The normalized spacial score (nSPS) is 12.4. The van der Waals surface area contributed by atoms with Gasteiger partial charge in [-0.05, 0) is 29.8 Å². The zero-order valence-electron chi connectivity index (χ0n) is 13.5. The molecule has 0 radical (unpaired) electrons. The van der Waals surface area contributed by atoms with Crippen LogP contribution in [0.1, 0.15) is 5.76 Å². The van der Waals surface area contributed by atoms with Gasteiger partial charge < -0.3 is 4.52 Å². The Bertz CT molecular complexity index is 1110. The molecule has 1 heterocycles. The van der Waals surface area contributed by atoms with E-state index in [2.05, 4.69) is 9.68 Å². The van der Waals surface area contributed by atoms with E-state index in [-0.39, 0.29) is 16.8 Å². The Labute approximate surface area is 156 Å². The van der Waals surface area contributed by atoms with E-state index in [1.54, 1.807) is 0 Å². The third-order valence-corrected chi connectivity index (χ3v) is 5.07. The first-order valence-electron chi connectivity index (χ1n) is 7.31. The second kappa shape index (κ2) is 6.65. The largest absolute Gasteiger partial charge is 0.453 e. The molecular weight excluding hydrogens is 410 g/mol. The summed E-state index contributed by atoms with van der Waals surface area (Å²) in [5.41, 5.74) is -0.631. The lowest BCUT2D eigenvalue weighted by molar-refractivity contribution is -0.154. The summed E-state index contributed by atoms with van der Waals surface area (Å²) in [4.78, 5) is -0.621. The quantitative estimate of drug-likeness (QED) is 0.546. The summed E-state index contributed by atoms with van der Waals surface area (Å²) >= 11 is 5.78. The first-order valence-corrected chi connectivity index (χ1v) is 9.58. The molecular formula is C17H10ClF4NO3S. The van der Waals surface area contributed by atoms with Crippen molar-refractivity contribution in [2.24, 2.45) is 0 Å². The summed E-state index contributed by atoms with van der Waals surface area (Å²) in [6.45, 7) is 0. The van der Waals surface area contributed by atoms with Crippen LogP contribution in [0, 0.1) is 5.82 Å². The maximum absolute atomic E-state index is 14.2. The molecule has 0 unspecified atom stereocenters. The van der Waals surface area contributed by atoms with Crippen LogP contribution >= 0.6 is 11.6 Å². The SMILES string of the molecule is CS(=O)(=O)c1ccc(-c2c(-c3ccc(Cl)cc3)noc2C(F)(F)F)cc1F. The molecule has 3 rings (SSSR count). The van der Waals surface area contributed by atoms with Crippen molar-refractivity contribution in [1.29, 1.82) is 0 Å². The topological polar surface area (TPSA) is 60.2 Å². The third-order valence-electron chi connectivity index (χ3n) is 3.69. The number of halogens is 5. The smallest absolute Gasteiger partial charge is 0.350 e. The van der Waals surface area contributed by atoms with Crippen molar-refractivity contribution in [3.8, 4) is 22.4 Å². The van der Waals surface area contributed by atoms with E-state index < -0.39 is 38.0 Å². The maximum atomic E-state index is 14.2. The van der Waals surface area contributed by atoms with Gasteiger partial charge in [-0.3, -0.25) is 0 Å². The van der Waals surface area contributed by atoms with E-state index >= 15 is 0 Å². The van der Waals surface area contributed by atoms with Crippen LogP contribution in [-0.2, 0) is 16.0 Å². The fraction of sp³-hybridized carbons (Fsp3) is 0.118. The second-order valence-electron chi connectivity index (χ2n) is 5.66. The Morgan fingerprint density at radius 1 is 1.04 bits per heavy atom. The zero-order chi connectivity index (χ0) is 20.0. The molecule has 1 aromatic heterocycles. The van der Waals surface area contributed by atoms with Crippen LogP contribution in [0.4, 0.5) is 17.6 Å². The minimum atomic E-state index is -4.89. The standard InChI is InChI=1S/C17H10ClF4NO3S/c1-27(24,25)13-7-4-10(8-12(13)19)14-15(9-2-5-11(18)6-3-9)23-26-16(14)17(20,21)22/h2-8H,1H3. The molecule has 4 nitrogen and oxygen atoms in total. The molecule has 0 amide bonds. The molecule has 0 bridgehead atoms. The predicted molar refractivity (Wildman–Crippen MR) is 90.5 cm³/mol. The van der Waals surface area contributed by atoms with Gasteiger partial charge in [0.25, 0.3) is 0 Å². The first kappa shape index (κ1) is 19.4. The molecule has 0 atom stereocenters. The van der Waals surface area contributed by atoms with Gasteiger partial charge in [0.2, 0.25) is 5.76 Å². The Morgan fingerprint density at radius 2 is 1.63 bits per heavy atom. The number of alkyl halides is 3. The van der Waals surface area contributed by atoms with Crippen LogP contribution in [0.25, 0.3) is 22.4 Å². The fourth-order valence-corrected chi connectivity index (χ4v) is 3.37. The van der Waals surface area contributed by atoms with Crippen molar-refractivity contribution in [3.05, 3.63) is 59.1 Å². The fourth-order valence-electron chi connectivity index (χ4n) is 2.51. The third kappa shape index (κ3) is 3.84. The monoisotopic (exact) mass is 419 g/mol. The van der Waals surface area contributed by atoms with Gasteiger partial charge >= 0.3 is 6.18 Å². The molecule has 0 saturated carbocycles. The minimum Gasteiger partial charge on any atom is -0.350 e. The highest BCUT2D eigenvalue weighted by molar-refractivity contribution is 7.90. The molecule has 0 aliphatic carbocycles. The van der Waals surface area contributed by atoms with Gasteiger partial charge in [0.15, 0.2) is 9.84 Å². The van der Waals surface area contributed by atoms with E-state index in [1.165, 1.54) is 24.3 Å². The van der Waals surface area contributed by atoms with Crippen molar-refractivity contribution in [1.82, 2.24) is 5.16 Å². The zero-order valence-corrected chi connectivity index (χ0v) is 15.1. The molecule has 27 heavy (non-hydrogen) atoms. The summed E-state index contributed by atoms with van der Waals surface area (Å²) in [6, 6.07) is 8.46. The highest BCUT2D eigenvalue weighted by Gasteiger charge is 2.41. The lowest BCUT2D eigenvalue weighted by atomic mass is 9.99. The van der Waals surface area contributed by atoms with Crippen LogP contribution in [-0.4, -0.2) is 19.8 Å². The molecule has 0 spiro atoms. The Hall–Kier alpha value is -2.39. The van der Waals surface area contributed by atoms with Crippen LogP contribution in [0.3, 0.4) is 0 Å². The van der Waals surface area contributed by atoms with Crippen molar-refractivity contribution < 1.29 is 30.5 Å². The highest BCUT2D eigenvalue weighted by Crippen LogP contribution is 2.43. The van der Waals surface area contributed by atoms with Crippen molar-refractivity contribution in [2.45, 2.75) is 11.1 Å². The van der Waals surface area contributed by atoms with E-state index in [0.717, 1.165) is 18.4 Å². The maximum Gasteiger partial charge on any atom is 0.453 e. The number of nitrogens with zero attached hydrogens (tertiary/aromatic N) is 1. The number of rotatable bonds is 3. The van der Waals surface area contributed by atoms with Gasteiger partial charge in [0.1, 0.15) is 16.4 Å². The van der Waals surface area contributed by atoms with Gasteiger partial charge in [0.05, 0.1) is 5.56 Å². The Kier molecular flexibility index (Phi) is 4.77. The van der Waals surface area contributed by atoms with Crippen LogP contribution in [0.15, 0.2) is 51.9 Å². The van der Waals surface area contributed by atoms with E-state index in [9.17, 15) is 26.0 Å². The van der Waals surface area contributed by atoms with Crippen LogP contribution < -0.4 is 0 Å². The Balaban J connectivity index is 2.26. The van der Waals surface area contributed by atoms with Gasteiger partial charge in [-0.25, -0.2) is 12.8 Å². The number of aromatic nitrogens is 1. The second-order valence-corrected chi connectivity index (χ2v) is 8.08. The number of benzene rings is 2. The summed E-state index contributed by atoms with van der Waals surface area (Å²) in [5.74, 6) is -2.59. The molecule has 0 saturated heterocycles. The molecule has 0 aliphatic heterocycles. The lowest BCUT2D eigenvalue weighted by Gasteiger charge is -2.09. The lowest BCUT2D eigenvalue weighted by Crippen LogP contribution is -2.06.